The predicted molar refractivity (Wildman–Crippen MR) is 234 cm³/mol. The molecule has 4 atom stereocenters. The Morgan fingerprint density at radius 3 is 2.50 bits per heavy atom. The molecule has 2 aromatic heterocycles. The minimum absolute atomic E-state index is 0.0117. The van der Waals surface area contributed by atoms with E-state index in [4.69, 9.17) is 20.9 Å². The number of piperidine rings is 1. The van der Waals surface area contributed by atoms with E-state index in [2.05, 4.69) is 43.2 Å². The van der Waals surface area contributed by atoms with E-state index in [-0.39, 0.29) is 88.6 Å². The highest BCUT2D eigenvalue weighted by molar-refractivity contribution is 6.03. The van der Waals surface area contributed by atoms with Crippen molar-refractivity contribution in [3.05, 3.63) is 47.7 Å². The van der Waals surface area contributed by atoms with E-state index in [9.17, 15) is 19.1 Å². The van der Waals surface area contributed by atoms with Crippen LogP contribution in [0.3, 0.4) is 0 Å². The van der Waals surface area contributed by atoms with Crippen LogP contribution in [0.5, 0.6) is 11.8 Å². The minimum atomic E-state index is -0.748. The first-order valence-electron chi connectivity index (χ1n) is 22.1. The van der Waals surface area contributed by atoms with Crippen molar-refractivity contribution in [2.45, 2.75) is 109 Å². The standard InChI is InChI=1S/C47H58F2N8O5/c1-6-34-37(48)13-10-29-23-32(58)24-35(39(29)34)41-40(49)42-36(25-50-41)44(56-26-30-11-12-31(27-56)51-30)54-46(53-42)62-33-14-19-55(20-15-33)17-8-21-61-22-16-38(59)52-43(47(3,4)5)45(60)57-18-7-9-28(57)2/h1,10,13,23-25,28,30-31,33,43,51,58H,7-9,11-12,14-22,26-27H2,2-5H3,(H,52,59). The van der Waals surface area contributed by atoms with Crippen LogP contribution in [0.2, 0.25) is 0 Å². The van der Waals surface area contributed by atoms with Crippen LogP contribution in [-0.2, 0) is 14.3 Å². The maximum atomic E-state index is 17.0. The number of likely N-dealkylation sites (tertiary alicyclic amines) is 2. The van der Waals surface area contributed by atoms with E-state index < -0.39 is 23.1 Å². The topological polar surface area (TPSA) is 145 Å². The molecule has 4 aromatic rings. The van der Waals surface area contributed by atoms with Crippen molar-refractivity contribution >= 4 is 39.3 Å². The number of aromatic hydroxyl groups is 1. The fraction of sp³-hybridized carbons (Fsp3) is 0.553. The second-order valence-electron chi connectivity index (χ2n) is 18.5. The molecule has 2 amide bonds. The fourth-order valence-electron chi connectivity index (χ4n) is 9.59. The van der Waals surface area contributed by atoms with Crippen molar-refractivity contribution in [3.8, 4) is 35.4 Å². The summed E-state index contributed by atoms with van der Waals surface area (Å²) in [4.78, 5) is 46.7. The number of aromatic nitrogens is 3. The molecular weight excluding hydrogens is 795 g/mol. The highest BCUT2D eigenvalue weighted by atomic mass is 19.1. The van der Waals surface area contributed by atoms with Gasteiger partial charge < -0.3 is 39.9 Å². The second-order valence-corrected chi connectivity index (χ2v) is 18.5. The molecular formula is C47H58F2N8O5. The zero-order valence-corrected chi connectivity index (χ0v) is 36.2. The molecule has 0 spiro atoms. The van der Waals surface area contributed by atoms with Crippen LogP contribution in [0.1, 0.15) is 84.6 Å². The molecule has 330 valence electrons. The van der Waals surface area contributed by atoms with Crippen molar-refractivity contribution in [1.82, 2.24) is 35.4 Å². The molecule has 2 aromatic carbocycles. The van der Waals surface area contributed by atoms with Gasteiger partial charge in [0.1, 0.15) is 40.7 Å². The molecule has 4 aliphatic rings. The number of anilines is 1. The van der Waals surface area contributed by atoms with Crippen LogP contribution < -0.4 is 20.3 Å². The average molecular weight is 853 g/mol. The molecule has 2 bridgehead atoms. The molecule has 4 saturated heterocycles. The number of pyridine rings is 1. The molecule has 6 heterocycles. The Kier molecular flexibility index (Phi) is 12.8. The smallest absolute Gasteiger partial charge is 0.319 e. The van der Waals surface area contributed by atoms with E-state index in [0.717, 1.165) is 71.1 Å². The summed E-state index contributed by atoms with van der Waals surface area (Å²) in [5.41, 5.74) is -0.404. The number of phenols is 1. The number of carbonyl (C=O) groups excluding carboxylic acids is 2. The maximum absolute atomic E-state index is 17.0. The van der Waals surface area contributed by atoms with Gasteiger partial charge in [0, 0.05) is 87.6 Å². The third-order valence-electron chi connectivity index (χ3n) is 12.9. The van der Waals surface area contributed by atoms with Gasteiger partial charge in [-0.3, -0.25) is 14.6 Å². The summed E-state index contributed by atoms with van der Waals surface area (Å²) < 4.78 is 44.2. The fourth-order valence-corrected chi connectivity index (χ4v) is 9.59. The van der Waals surface area contributed by atoms with Crippen LogP contribution in [0.15, 0.2) is 30.5 Å². The summed E-state index contributed by atoms with van der Waals surface area (Å²) in [6.45, 7) is 13.3. The van der Waals surface area contributed by atoms with Crippen LogP contribution >= 0.6 is 0 Å². The second kappa shape index (κ2) is 18.3. The average Bonchev–Trinajstić information content (AvgIpc) is 3.83. The van der Waals surface area contributed by atoms with Gasteiger partial charge in [-0.25, -0.2) is 8.78 Å². The molecule has 4 aliphatic heterocycles. The lowest BCUT2D eigenvalue weighted by molar-refractivity contribution is -0.140. The lowest BCUT2D eigenvalue weighted by Gasteiger charge is -2.35. The highest BCUT2D eigenvalue weighted by Crippen LogP contribution is 2.39. The van der Waals surface area contributed by atoms with Gasteiger partial charge in [-0.15, -0.1) is 6.42 Å². The molecule has 4 unspecified atom stereocenters. The van der Waals surface area contributed by atoms with Gasteiger partial charge in [-0.05, 0) is 80.9 Å². The first kappa shape index (κ1) is 43.5. The van der Waals surface area contributed by atoms with Crippen molar-refractivity contribution in [2.75, 3.05) is 57.4 Å². The summed E-state index contributed by atoms with van der Waals surface area (Å²) >= 11 is 0. The summed E-state index contributed by atoms with van der Waals surface area (Å²) in [5.74, 6) is 1.22. The van der Waals surface area contributed by atoms with Crippen molar-refractivity contribution < 1.29 is 33.0 Å². The van der Waals surface area contributed by atoms with Gasteiger partial charge >= 0.3 is 6.01 Å². The number of amides is 2. The minimum Gasteiger partial charge on any atom is -0.508 e. The zero-order chi connectivity index (χ0) is 43.7. The Balaban J connectivity index is 0.896. The molecule has 13 nitrogen and oxygen atoms in total. The number of hydrogen-bond donors (Lipinski definition) is 3. The Hall–Kier alpha value is -5.17. The molecule has 4 fully saturated rings. The Labute approximate surface area is 361 Å². The number of ether oxygens (including phenoxy) is 2. The predicted octanol–water partition coefficient (Wildman–Crippen LogP) is 5.93. The monoisotopic (exact) mass is 852 g/mol. The number of nitrogens with one attached hydrogen (secondary N) is 2. The first-order valence-corrected chi connectivity index (χ1v) is 22.1. The van der Waals surface area contributed by atoms with E-state index in [1.807, 2.05) is 25.7 Å². The number of carbonyl (C=O) groups is 2. The molecule has 3 N–H and O–H groups in total. The quantitative estimate of drug-likeness (QED) is 0.109. The number of nitrogens with zero attached hydrogens (tertiary/aromatic N) is 6. The number of fused-ring (bicyclic) bond motifs is 4. The molecule has 0 aliphatic carbocycles. The lowest BCUT2D eigenvalue weighted by Crippen LogP contribution is -2.55. The van der Waals surface area contributed by atoms with Crippen LogP contribution in [0.4, 0.5) is 14.6 Å². The molecule has 62 heavy (non-hydrogen) atoms. The van der Waals surface area contributed by atoms with Gasteiger partial charge in [0.15, 0.2) is 5.82 Å². The Morgan fingerprint density at radius 2 is 1.81 bits per heavy atom. The number of hydrogen-bond acceptors (Lipinski definition) is 11. The number of phenolic OH excluding ortho intramolecular Hbond substituents is 1. The molecule has 0 radical (unpaired) electrons. The molecule has 0 saturated carbocycles. The van der Waals surface area contributed by atoms with Crippen LogP contribution in [0, 0.1) is 29.4 Å². The number of halogens is 2. The zero-order valence-electron chi connectivity index (χ0n) is 36.2. The Morgan fingerprint density at radius 1 is 1.05 bits per heavy atom. The van der Waals surface area contributed by atoms with E-state index in [0.29, 0.717) is 36.3 Å². The summed E-state index contributed by atoms with van der Waals surface area (Å²) in [6.07, 6.45) is 13.6. The first-order chi connectivity index (χ1) is 29.8. The van der Waals surface area contributed by atoms with Crippen molar-refractivity contribution in [3.63, 3.8) is 0 Å². The maximum Gasteiger partial charge on any atom is 0.319 e. The highest BCUT2D eigenvalue weighted by Gasteiger charge is 2.39. The number of terminal acetylenes is 1. The van der Waals surface area contributed by atoms with Crippen LogP contribution in [0.25, 0.3) is 32.9 Å². The van der Waals surface area contributed by atoms with Gasteiger partial charge in [-0.2, -0.15) is 9.97 Å². The van der Waals surface area contributed by atoms with E-state index in [1.54, 1.807) is 6.20 Å². The summed E-state index contributed by atoms with van der Waals surface area (Å²) in [5, 5.41) is 18.4. The van der Waals surface area contributed by atoms with Gasteiger partial charge in [0.05, 0.1) is 17.6 Å². The van der Waals surface area contributed by atoms with Gasteiger partial charge in [0.2, 0.25) is 11.8 Å². The van der Waals surface area contributed by atoms with Crippen molar-refractivity contribution in [1.29, 1.82) is 0 Å². The van der Waals surface area contributed by atoms with Crippen molar-refractivity contribution in [2.24, 2.45) is 5.41 Å². The van der Waals surface area contributed by atoms with Gasteiger partial charge in [0.25, 0.3) is 0 Å². The number of rotatable bonds is 13. The third kappa shape index (κ3) is 9.28. The third-order valence-corrected chi connectivity index (χ3v) is 12.9. The summed E-state index contributed by atoms with van der Waals surface area (Å²) in [7, 11) is 0. The number of benzene rings is 2. The van der Waals surface area contributed by atoms with Gasteiger partial charge in [-0.1, -0.05) is 32.8 Å². The normalized spacial score (nSPS) is 21.4. The van der Waals surface area contributed by atoms with E-state index >= 15 is 4.39 Å². The number of piperazine rings is 1. The van der Waals surface area contributed by atoms with E-state index in [1.165, 1.54) is 24.3 Å². The Bertz CT molecular complexity index is 2350. The lowest BCUT2D eigenvalue weighted by atomic mass is 9.85. The molecule has 8 rings (SSSR count). The molecule has 15 heteroatoms. The largest absolute Gasteiger partial charge is 0.508 e. The SMILES string of the molecule is C#Cc1c(F)ccc2cc(O)cc(-c3ncc4c(N5CC6CCC(C5)N6)nc(OC5CCN(CCCOCCC(=O)NC(C(=O)N6CCCC6C)C(C)(C)C)CC5)nc4c3F)c12. The van der Waals surface area contributed by atoms with Crippen LogP contribution in [-0.4, -0.2) is 124 Å². The summed E-state index contributed by atoms with van der Waals surface area (Å²) in [6, 6.07) is 5.77.